The minimum atomic E-state index is 0.301. The summed E-state index contributed by atoms with van der Waals surface area (Å²) in [6, 6.07) is 0. The zero-order chi connectivity index (χ0) is 9.84. The highest BCUT2D eigenvalue weighted by Crippen LogP contribution is 2.26. The lowest BCUT2D eigenvalue weighted by Gasteiger charge is -2.03. The Kier molecular flexibility index (Phi) is 4.38. The fourth-order valence-corrected chi connectivity index (χ4v) is 1.29. The summed E-state index contributed by atoms with van der Waals surface area (Å²) in [4.78, 5) is 7.94. The van der Waals surface area contributed by atoms with Crippen LogP contribution in [0.5, 0.6) is 0 Å². The van der Waals surface area contributed by atoms with Crippen molar-refractivity contribution in [3.05, 3.63) is 20.6 Å². The van der Waals surface area contributed by atoms with E-state index in [-0.39, 0.29) is 0 Å². The van der Waals surface area contributed by atoms with E-state index in [4.69, 9.17) is 27.9 Å². The van der Waals surface area contributed by atoms with Crippen LogP contribution in [-0.4, -0.2) is 16.6 Å². The molecule has 0 aliphatic heterocycles. The second-order valence-electron chi connectivity index (χ2n) is 2.17. The summed E-state index contributed by atoms with van der Waals surface area (Å²) in [5.74, 6) is 0.486. The molecule has 0 spiro atoms. The molecule has 0 aliphatic carbocycles. The first-order valence-corrected chi connectivity index (χ1v) is 5.15. The molecule has 72 valence electrons. The van der Waals surface area contributed by atoms with Crippen LogP contribution in [-0.2, 0) is 11.3 Å². The van der Waals surface area contributed by atoms with Gasteiger partial charge in [0.25, 0.3) is 0 Å². The first-order chi connectivity index (χ1) is 6.15. The maximum absolute atomic E-state index is 5.76. The highest BCUT2D eigenvalue weighted by molar-refractivity contribution is 9.10. The van der Waals surface area contributed by atoms with Crippen LogP contribution in [0.1, 0.15) is 12.7 Å². The van der Waals surface area contributed by atoms with Crippen molar-refractivity contribution in [3.8, 4) is 0 Å². The van der Waals surface area contributed by atoms with Crippen LogP contribution in [0.3, 0.4) is 0 Å². The topological polar surface area (TPSA) is 35.0 Å². The number of nitrogens with zero attached hydrogens (tertiary/aromatic N) is 2. The summed E-state index contributed by atoms with van der Waals surface area (Å²) in [6.45, 7) is 2.82. The van der Waals surface area contributed by atoms with E-state index < -0.39 is 0 Å². The molecule has 0 N–H and O–H groups in total. The number of aromatic nitrogens is 2. The molecule has 0 unspecified atom stereocenters. The molecule has 1 heterocycles. The van der Waals surface area contributed by atoms with Gasteiger partial charge in [-0.15, -0.1) is 0 Å². The van der Waals surface area contributed by atoms with Crippen LogP contribution in [0, 0.1) is 0 Å². The average Bonchev–Trinajstić information content (AvgIpc) is 2.10. The number of hydrogen-bond acceptors (Lipinski definition) is 3. The predicted octanol–water partition coefficient (Wildman–Crippen LogP) is 3.08. The van der Waals surface area contributed by atoms with Gasteiger partial charge in [-0.2, -0.15) is 0 Å². The van der Waals surface area contributed by atoms with Gasteiger partial charge in [0.15, 0.2) is 5.82 Å². The molecule has 0 radical (unpaired) electrons. The van der Waals surface area contributed by atoms with E-state index in [1.807, 2.05) is 6.92 Å². The van der Waals surface area contributed by atoms with E-state index in [9.17, 15) is 0 Å². The third-order valence-electron chi connectivity index (χ3n) is 1.25. The Morgan fingerprint density at radius 1 is 1.31 bits per heavy atom. The van der Waals surface area contributed by atoms with Crippen LogP contribution in [0.25, 0.3) is 0 Å². The molecule has 1 aromatic heterocycles. The van der Waals surface area contributed by atoms with Gasteiger partial charge in [0.2, 0.25) is 0 Å². The highest BCUT2D eigenvalue weighted by atomic mass is 79.9. The number of rotatable bonds is 3. The van der Waals surface area contributed by atoms with Crippen LogP contribution in [0.4, 0.5) is 0 Å². The molecule has 0 saturated carbocycles. The van der Waals surface area contributed by atoms with Crippen LogP contribution in [0.2, 0.25) is 10.3 Å². The molecule has 1 rings (SSSR count). The van der Waals surface area contributed by atoms with Crippen molar-refractivity contribution in [2.75, 3.05) is 6.61 Å². The number of hydrogen-bond donors (Lipinski definition) is 0. The van der Waals surface area contributed by atoms with Gasteiger partial charge in [0.05, 0.1) is 4.47 Å². The van der Waals surface area contributed by atoms with E-state index in [1.165, 1.54) is 0 Å². The molecule has 6 heteroatoms. The standard InChI is InChI=1S/C7H7BrCl2N2O/c1-2-13-3-4-11-6(9)5(8)7(10)12-4/h2-3H2,1H3. The lowest BCUT2D eigenvalue weighted by atomic mass is 10.6. The molecule has 1 aromatic rings. The fraction of sp³-hybridized carbons (Fsp3) is 0.429. The Hall–Kier alpha value is 0.1000. The SMILES string of the molecule is CCOCc1nc(Cl)c(Br)c(Cl)n1. The largest absolute Gasteiger partial charge is 0.374 e. The van der Waals surface area contributed by atoms with E-state index >= 15 is 0 Å². The lowest BCUT2D eigenvalue weighted by Crippen LogP contribution is -2.00. The average molecular weight is 286 g/mol. The van der Waals surface area contributed by atoms with Gasteiger partial charge in [-0.3, -0.25) is 0 Å². The molecule has 0 aromatic carbocycles. The van der Waals surface area contributed by atoms with Crippen molar-refractivity contribution in [3.63, 3.8) is 0 Å². The number of halogens is 3. The summed E-state index contributed by atoms with van der Waals surface area (Å²) in [6.07, 6.45) is 0. The highest BCUT2D eigenvalue weighted by Gasteiger charge is 2.08. The van der Waals surface area contributed by atoms with E-state index in [1.54, 1.807) is 0 Å². The summed E-state index contributed by atoms with van der Waals surface area (Å²) in [5, 5.41) is 0.601. The summed E-state index contributed by atoms with van der Waals surface area (Å²) >= 11 is 14.7. The van der Waals surface area contributed by atoms with Crippen molar-refractivity contribution in [2.45, 2.75) is 13.5 Å². The summed E-state index contributed by atoms with van der Waals surface area (Å²) < 4.78 is 5.62. The Balaban J connectivity index is 2.86. The Morgan fingerprint density at radius 3 is 2.31 bits per heavy atom. The quantitative estimate of drug-likeness (QED) is 0.801. The Morgan fingerprint density at radius 2 is 1.85 bits per heavy atom. The molecule has 0 atom stereocenters. The van der Waals surface area contributed by atoms with Crippen molar-refractivity contribution < 1.29 is 4.74 Å². The molecule has 13 heavy (non-hydrogen) atoms. The molecular formula is C7H7BrCl2N2O. The fourth-order valence-electron chi connectivity index (χ4n) is 0.693. The molecule has 0 fully saturated rings. The third kappa shape index (κ3) is 3.06. The van der Waals surface area contributed by atoms with Gasteiger partial charge in [-0.25, -0.2) is 9.97 Å². The van der Waals surface area contributed by atoms with Gasteiger partial charge in [-0.05, 0) is 22.9 Å². The second kappa shape index (κ2) is 5.10. The van der Waals surface area contributed by atoms with Crippen molar-refractivity contribution in [1.82, 2.24) is 9.97 Å². The van der Waals surface area contributed by atoms with Gasteiger partial charge >= 0.3 is 0 Å². The zero-order valence-corrected chi connectivity index (χ0v) is 9.95. The maximum Gasteiger partial charge on any atom is 0.157 e. The van der Waals surface area contributed by atoms with Gasteiger partial charge in [0, 0.05) is 6.61 Å². The van der Waals surface area contributed by atoms with Crippen LogP contribution < -0.4 is 0 Å². The minimum absolute atomic E-state index is 0.301. The molecule has 0 aliphatic rings. The number of ether oxygens (including phenoxy) is 1. The van der Waals surface area contributed by atoms with Crippen molar-refractivity contribution in [2.24, 2.45) is 0 Å². The van der Waals surface area contributed by atoms with Crippen molar-refractivity contribution in [1.29, 1.82) is 0 Å². The van der Waals surface area contributed by atoms with E-state index in [0.29, 0.717) is 33.8 Å². The Labute approximate surface area is 94.6 Å². The molecule has 0 bridgehead atoms. The molecule has 3 nitrogen and oxygen atoms in total. The smallest absolute Gasteiger partial charge is 0.157 e. The maximum atomic E-state index is 5.76. The third-order valence-corrected chi connectivity index (χ3v) is 3.01. The summed E-state index contributed by atoms with van der Waals surface area (Å²) in [7, 11) is 0. The van der Waals surface area contributed by atoms with E-state index in [0.717, 1.165) is 0 Å². The van der Waals surface area contributed by atoms with Crippen LogP contribution in [0.15, 0.2) is 4.47 Å². The predicted molar refractivity (Wildman–Crippen MR) is 55.1 cm³/mol. The normalized spacial score (nSPS) is 10.5. The molecule has 0 amide bonds. The van der Waals surface area contributed by atoms with Gasteiger partial charge in [-0.1, -0.05) is 23.2 Å². The summed E-state index contributed by atoms with van der Waals surface area (Å²) in [5.41, 5.74) is 0. The molecule has 0 saturated heterocycles. The van der Waals surface area contributed by atoms with E-state index in [2.05, 4.69) is 25.9 Å². The van der Waals surface area contributed by atoms with Crippen LogP contribution >= 0.6 is 39.1 Å². The first kappa shape index (κ1) is 11.2. The first-order valence-electron chi connectivity index (χ1n) is 3.60. The van der Waals surface area contributed by atoms with Gasteiger partial charge in [0.1, 0.15) is 16.9 Å². The molecular weight excluding hydrogens is 279 g/mol. The Bertz CT molecular complexity index is 286. The van der Waals surface area contributed by atoms with Crippen molar-refractivity contribution >= 4 is 39.1 Å². The zero-order valence-electron chi connectivity index (χ0n) is 6.85. The monoisotopic (exact) mass is 284 g/mol. The second-order valence-corrected chi connectivity index (χ2v) is 3.68. The minimum Gasteiger partial charge on any atom is -0.374 e. The van der Waals surface area contributed by atoms with Gasteiger partial charge < -0.3 is 4.74 Å². The lowest BCUT2D eigenvalue weighted by molar-refractivity contribution is 0.128.